The molecule has 1 N–H and O–H groups in total. The Morgan fingerprint density at radius 1 is 1.10 bits per heavy atom. The number of benzene rings is 1. The molecular weight excluding hydrogens is 270 g/mol. The van der Waals surface area contributed by atoms with Gasteiger partial charge in [-0.05, 0) is 57.5 Å². The van der Waals surface area contributed by atoms with E-state index in [0.717, 1.165) is 23.7 Å². The molecule has 0 spiro atoms. The monoisotopic (exact) mass is 295 g/mol. The lowest BCUT2D eigenvalue weighted by atomic mass is 9.89. The van der Waals surface area contributed by atoms with E-state index in [4.69, 9.17) is 11.6 Å². The van der Waals surface area contributed by atoms with Crippen LogP contribution in [0.2, 0.25) is 5.02 Å². The van der Waals surface area contributed by atoms with Crippen molar-refractivity contribution >= 4 is 11.6 Å². The Morgan fingerprint density at radius 3 is 2.20 bits per heavy atom. The van der Waals surface area contributed by atoms with E-state index < -0.39 is 0 Å². The molecule has 0 saturated carbocycles. The van der Waals surface area contributed by atoms with Crippen LogP contribution in [-0.4, -0.2) is 34.7 Å². The van der Waals surface area contributed by atoms with Crippen molar-refractivity contribution in [1.29, 1.82) is 0 Å². The molecule has 0 amide bonds. The van der Waals surface area contributed by atoms with Crippen LogP contribution in [0.5, 0.6) is 0 Å². The predicted octanol–water partition coefficient (Wildman–Crippen LogP) is 3.90. The number of hydrogen-bond donors (Lipinski definition) is 1. The topological polar surface area (TPSA) is 23.5 Å². The van der Waals surface area contributed by atoms with Gasteiger partial charge in [-0.15, -0.1) is 0 Å². The van der Waals surface area contributed by atoms with E-state index in [1.165, 1.54) is 25.7 Å². The summed E-state index contributed by atoms with van der Waals surface area (Å²) in [7, 11) is 0. The Balaban J connectivity index is 2.01. The first-order chi connectivity index (χ1) is 9.50. The summed E-state index contributed by atoms with van der Waals surface area (Å²) in [6, 6.07) is 7.79. The molecule has 0 aliphatic carbocycles. The number of hydrogen-bond acceptors (Lipinski definition) is 2. The number of nitrogens with zero attached hydrogens (tertiary/aromatic N) is 1. The summed E-state index contributed by atoms with van der Waals surface area (Å²) in [5.74, 6) is 0. The third-order valence-corrected chi connectivity index (χ3v) is 4.83. The van der Waals surface area contributed by atoms with Gasteiger partial charge in [-0.25, -0.2) is 0 Å². The van der Waals surface area contributed by atoms with Crippen LogP contribution in [0.4, 0.5) is 0 Å². The minimum absolute atomic E-state index is 0.177. The van der Waals surface area contributed by atoms with Gasteiger partial charge in [0.2, 0.25) is 0 Å². The second-order valence-electron chi connectivity index (χ2n) is 6.40. The Kier molecular flexibility index (Phi) is 5.48. The zero-order chi connectivity index (χ0) is 14.6. The molecule has 1 fully saturated rings. The lowest BCUT2D eigenvalue weighted by molar-refractivity contribution is -0.00786. The van der Waals surface area contributed by atoms with Crippen LogP contribution in [0.25, 0.3) is 0 Å². The molecule has 1 aromatic rings. The summed E-state index contributed by atoms with van der Waals surface area (Å²) in [5.41, 5.74) is 0.967. The van der Waals surface area contributed by atoms with Crippen LogP contribution in [0, 0.1) is 0 Å². The van der Waals surface area contributed by atoms with Crippen LogP contribution >= 0.6 is 11.6 Å². The van der Waals surface area contributed by atoms with E-state index in [2.05, 4.69) is 18.7 Å². The molecule has 3 heteroatoms. The van der Waals surface area contributed by atoms with E-state index >= 15 is 0 Å². The minimum Gasteiger partial charge on any atom is -0.391 e. The Hall–Kier alpha value is -0.570. The standard InChI is InChI=1S/C17H26ClNO/c1-17(2,19-11-5-3-4-6-12-19)16(20)13-14-7-9-15(18)10-8-14/h7-10,16,20H,3-6,11-13H2,1-2H3. The maximum absolute atomic E-state index is 10.7. The van der Waals surface area contributed by atoms with Crippen molar-refractivity contribution in [2.75, 3.05) is 13.1 Å². The zero-order valence-electron chi connectivity index (χ0n) is 12.6. The van der Waals surface area contributed by atoms with Crippen LogP contribution in [0.15, 0.2) is 24.3 Å². The van der Waals surface area contributed by atoms with Gasteiger partial charge in [0.25, 0.3) is 0 Å². The number of rotatable bonds is 4. The SMILES string of the molecule is CC(C)(C(O)Cc1ccc(Cl)cc1)N1CCCCCC1. The van der Waals surface area contributed by atoms with Gasteiger partial charge in [-0.1, -0.05) is 36.6 Å². The Bertz CT molecular complexity index is 408. The van der Waals surface area contributed by atoms with Gasteiger partial charge in [-0.2, -0.15) is 0 Å². The second kappa shape index (κ2) is 6.93. The van der Waals surface area contributed by atoms with E-state index in [9.17, 15) is 5.11 Å². The molecule has 1 aliphatic heterocycles. The van der Waals surface area contributed by atoms with E-state index in [0.29, 0.717) is 6.42 Å². The minimum atomic E-state index is -0.359. The van der Waals surface area contributed by atoms with Crippen molar-refractivity contribution in [3.05, 3.63) is 34.9 Å². The summed E-state index contributed by atoms with van der Waals surface area (Å²) in [5, 5.41) is 11.4. The van der Waals surface area contributed by atoms with Gasteiger partial charge < -0.3 is 5.11 Å². The molecule has 1 atom stereocenters. The average molecular weight is 296 g/mol. The Labute approximate surface area is 127 Å². The number of aliphatic hydroxyl groups is 1. The first kappa shape index (κ1) is 15.8. The molecule has 0 bridgehead atoms. The molecule has 1 aliphatic rings. The van der Waals surface area contributed by atoms with Crippen LogP contribution in [-0.2, 0) is 6.42 Å². The van der Waals surface area contributed by atoms with Gasteiger partial charge in [0.05, 0.1) is 6.10 Å². The van der Waals surface area contributed by atoms with Crippen molar-refractivity contribution in [2.24, 2.45) is 0 Å². The summed E-state index contributed by atoms with van der Waals surface area (Å²) in [6.07, 6.45) is 5.45. The van der Waals surface area contributed by atoms with Crippen molar-refractivity contribution < 1.29 is 5.11 Å². The average Bonchev–Trinajstić information content (AvgIpc) is 2.70. The maximum atomic E-state index is 10.7. The lowest BCUT2D eigenvalue weighted by Crippen LogP contribution is -2.53. The highest BCUT2D eigenvalue weighted by molar-refractivity contribution is 6.30. The van der Waals surface area contributed by atoms with E-state index in [1.807, 2.05) is 24.3 Å². The molecule has 0 radical (unpaired) electrons. The highest BCUT2D eigenvalue weighted by Crippen LogP contribution is 2.25. The largest absolute Gasteiger partial charge is 0.391 e. The van der Waals surface area contributed by atoms with E-state index in [-0.39, 0.29) is 11.6 Å². The van der Waals surface area contributed by atoms with Gasteiger partial charge in [0.15, 0.2) is 0 Å². The van der Waals surface area contributed by atoms with Gasteiger partial charge >= 0.3 is 0 Å². The Morgan fingerprint density at radius 2 is 1.65 bits per heavy atom. The van der Waals surface area contributed by atoms with Crippen molar-refractivity contribution in [3.8, 4) is 0 Å². The van der Waals surface area contributed by atoms with Gasteiger partial charge in [0, 0.05) is 17.0 Å². The molecule has 1 unspecified atom stereocenters. The molecule has 1 saturated heterocycles. The highest BCUT2D eigenvalue weighted by atomic mass is 35.5. The molecule has 112 valence electrons. The van der Waals surface area contributed by atoms with E-state index in [1.54, 1.807) is 0 Å². The fourth-order valence-corrected chi connectivity index (χ4v) is 3.08. The third kappa shape index (κ3) is 3.97. The maximum Gasteiger partial charge on any atom is 0.0758 e. The van der Waals surface area contributed by atoms with Crippen molar-refractivity contribution in [2.45, 2.75) is 57.6 Å². The second-order valence-corrected chi connectivity index (χ2v) is 6.84. The van der Waals surface area contributed by atoms with Crippen molar-refractivity contribution in [1.82, 2.24) is 4.90 Å². The highest BCUT2D eigenvalue weighted by Gasteiger charge is 2.34. The fourth-order valence-electron chi connectivity index (χ4n) is 2.95. The third-order valence-electron chi connectivity index (χ3n) is 4.58. The number of halogens is 1. The molecule has 2 nitrogen and oxygen atoms in total. The molecule has 1 heterocycles. The van der Waals surface area contributed by atoms with Gasteiger partial charge in [-0.3, -0.25) is 4.90 Å². The van der Waals surface area contributed by atoms with Gasteiger partial charge in [0.1, 0.15) is 0 Å². The summed E-state index contributed by atoms with van der Waals surface area (Å²) >= 11 is 5.91. The summed E-state index contributed by atoms with van der Waals surface area (Å²) in [6.45, 7) is 6.53. The molecule has 20 heavy (non-hydrogen) atoms. The predicted molar refractivity (Wildman–Crippen MR) is 85.3 cm³/mol. The van der Waals surface area contributed by atoms with Crippen LogP contribution < -0.4 is 0 Å². The van der Waals surface area contributed by atoms with Crippen LogP contribution in [0.3, 0.4) is 0 Å². The van der Waals surface area contributed by atoms with Crippen molar-refractivity contribution in [3.63, 3.8) is 0 Å². The molecule has 0 aromatic heterocycles. The molecule has 2 rings (SSSR count). The van der Waals surface area contributed by atoms with Crippen LogP contribution in [0.1, 0.15) is 45.1 Å². The smallest absolute Gasteiger partial charge is 0.0758 e. The molecule has 1 aromatic carbocycles. The number of likely N-dealkylation sites (tertiary alicyclic amines) is 1. The summed E-state index contributed by atoms with van der Waals surface area (Å²) < 4.78 is 0. The first-order valence-corrected chi connectivity index (χ1v) is 8.05. The number of aliphatic hydroxyl groups excluding tert-OH is 1. The first-order valence-electron chi connectivity index (χ1n) is 7.68. The zero-order valence-corrected chi connectivity index (χ0v) is 13.4. The lowest BCUT2D eigenvalue weighted by Gasteiger charge is -2.41. The quantitative estimate of drug-likeness (QED) is 0.911. The molecular formula is C17H26ClNO. The normalized spacial score (nSPS) is 19.6. The summed E-state index contributed by atoms with van der Waals surface area (Å²) in [4.78, 5) is 2.46. The fraction of sp³-hybridized carbons (Fsp3) is 0.647.